The van der Waals surface area contributed by atoms with Gasteiger partial charge in [0.25, 0.3) is 5.91 Å². The first-order chi connectivity index (χ1) is 11.2. The van der Waals surface area contributed by atoms with Crippen molar-refractivity contribution < 1.29 is 9.59 Å². The molecule has 0 bridgehead atoms. The molecule has 1 aromatic rings. The molecule has 5 nitrogen and oxygen atoms in total. The van der Waals surface area contributed by atoms with Gasteiger partial charge in [-0.05, 0) is 55.0 Å². The predicted molar refractivity (Wildman–Crippen MR) is 104 cm³/mol. The van der Waals surface area contributed by atoms with Gasteiger partial charge in [-0.25, -0.2) is 0 Å². The normalized spacial score (nSPS) is 19.7. The molecule has 1 heterocycles. The Hall–Kier alpha value is -1.59. The molecule has 0 aliphatic carbocycles. The first-order valence-corrected chi connectivity index (χ1v) is 8.64. The fraction of sp³-hybridized carbons (Fsp3) is 0.579. The third-order valence-corrected chi connectivity index (χ3v) is 4.68. The van der Waals surface area contributed by atoms with Crippen molar-refractivity contribution in [1.29, 1.82) is 0 Å². The van der Waals surface area contributed by atoms with E-state index in [-0.39, 0.29) is 29.6 Å². The summed E-state index contributed by atoms with van der Waals surface area (Å²) in [5, 5.41) is 2.92. The Balaban J connectivity index is 0.00000312. The fourth-order valence-electron chi connectivity index (χ4n) is 3.06. The summed E-state index contributed by atoms with van der Waals surface area (Å²) in [6, 6.07) is 5.46. The van der Waals surface area contributed by atoms with E-state index in [1.807, 2.05) is 37.8 Å². The van der Waals surface area contributed by atoms with Crippen molar-refractivity contribution in [2.45, 2.75) is 40.5 Å². The molecular formula is C19H30ClN3O2. The molecule has 25 heavy (non-hydrogen) atoms. The van der Waals surface area contributed by atoms with Crippen LogP contribution < -0.4 is 11.1 Å². The number of carbonyl (C=O) groups is 2. The largest absolute Gasteiger partial charge is 0.338 e. The van der Waals surface area contributed by atoms with E-state index in [1.165, 1.54) is 0 Å². The highest BCUT2D eigenvalue weighted by Gasteiger charge is 2.35. The minimum Gasteiger partial charge on any atom is -0.338 e. The molecule has 0 aromatic heterocycles. The van der Waals surface area contributed by atoms with E-state index in [0.717, 1.165) is 24.2 Å². The molecule has 1 saturated heterocycles. The maximum Gasteiger partial charge on any atom is 0.253 e. The van der Waals surface area contributed by atoms with Crippen LogP contribution in [0.15, 0.2) is 18.2 Å². The Kier molecular flexibility index (Phi) is 7.44. The highest BCUT2D eigenvalue weighted by Crippen LogP contribution is 2.30. The maximum atomic E-state index is 12.7. The fourth-order valence-corrected chi connectivity index (χ4v) is 3.06. The van der Waals surface area contributed by atoms with Gasteiger partial charge in [0.1, 0.15) is 0 Å². The van der Waals surface area contributed by atoms with Gasteiger partial charge in [0, 0.05) is 30.8 Å². The summed E-state index contributed by atoms with van der Waals surface area (Å²) in [6.07, 6.45) is 1.43. The molecule has 3 N–H and O–H groups in total. The number of hydrogen-bond acceptors (Lipinski definition) is 3. The zero-order valence-corrected chi connectivity index (χ0v) is 16.4. The van der Waals surface area contributed by atoms with Crippen LogP contribution >= 0.6 is 12.4 Å². The van der Waals surface area contributed by atoms with Crippen LogP contribution in [0.1, 0.15) is 49.5 Å². The standard InChI is InChI=1S/C19H29N3O2.ClH/c1-13(2)9-17(23)21-16-6-5-15(10-14(16)3)18(24)22-8-7-19(4,11-20)12-22;/h5-6,10,13H,7-9,11-12,20H2,1-4H3,(H,21,23);1H. The Morgan fingerprint density at radius 1 is 1.36 bits per heavy atom. The molecule has 0 saturated carbocycles. The number of amides is 2. The summed E-state index contributed by atoms with van der Waals surface area (Å²) in [6.45, 7) is 10.1. The summed E-state index contributed by atoms with van der Waals surface area (Å²) in [7, 11) is 0. The summed E-state index contributed by atoms with van der Waals surface area (Å²) >= 11 is 0. The van der Waals surface area contributed by atoms with Crippen molar-refractivity contribution in [2.75, 3.05) is 25.0 Å². The van der Waals surface area contributed by atoms with E-state index in [9.17, 15) is 9.59 Å². The van der Waals surface area contributed by atoms with Crippen LogP contribution in [0.5, 0.6) is 0 Å². The lowest BCUT2D eigenvalue weighted by atomic mass is 9.90. The molecule has 140 valence electrons. The van der Waals surface area contributed by atoms with Crippen LogP contribution in [-0.4, -0.2) is 36.3 Å². The number of hydrogen-bond donors (Lipinski definition) is 2. The van der Waals surface area contributed by atoms with Crippen molar-refractivity contribution in [3.05, 3.63) is 29.3 Å². The van der Waals surface area contributed by atoms with Gasteiger partial charge in [-0.15, -0.1) is 12.4 Å². The quantitative estimate of drug-likeness (QED) is 0.839. The van der Waals surface area contributed by atoms with E-state index in [1.54, 1.807) is 6.07 Å². The van der Waals surface area contributed by atoms with E-state index in [2.05, 4.69) is 12.2 Å². The van der Waals surface area contributed by atoms with Crippen LogP contribution in [-0.2, 0) is 4.79 Å². The molecular weight excluding hydrogens is 338 g/mol. The molecule has 0 spiro atoms. The van der Waals surface area contributed by atoms with E-state index in [0.29, 0.717) is 31.0 Å². The first-order valence-electron chi connectivity index (χ1n) is 8.64. The highest BCUT2D eigenvalue weighted by atomic mass is 35.5. The summed E-state index contributed by atoms with van der Waals surface area (Å²) in [5.74, 6) is 0.360. The van der Waals surface area contributed by atoms with Gasteiger partial charge in [0.15, 0.2) is 0 Å². The molecule has 2 rings (SSSR count). The average molecular weight is 368 g/mol. The first kappa shape index (κ1) is 21.5. The number of aryl methyl sites for hydroxylation is 1. The predicted octanol–water partition coefficient (Wildman–Crippen LogP) is 3.21. The third-order valence-electron chi connectivity index (χ3n) is 4.68. The Labute approximate surface area is 156 Å². The lowest BCUT2D eigenvalue weighted by molar-refractivity contribution is -0.116. The second-order valence-electron chi connectivity index (χ2n) is 7.67. The molecule has 1 fully saturated rings. The lowest BCUT2D eigenvalue weighted by Crippen LogP contribution is -2.34. The van der Waals surface area contributed by atoms with Gasteiger partial charge >= 0.3 is 0 Å². The number of anilines is 1. The summed E-state index contributed by atoms with van der Waals surface area (Å²) in [5.41, 5.74) is 8.17. The summed E-state index contributed by atoms with van der Waals surface area (Å²) < 4.78 is 0. The lowest BCUT2D eigenvalue weighted by Gasteiger charge is -2.22. The van der Waals surface area contributed by atoms with Crippen LogP contribution in [0, 0.1) is 18.3 Å². The maximum absolute atomic E-state index is 12.7. The average Bonchev–Trinajstić information content (AvgIpc) is 2.91. The second-order valence-corrected chi connectivity index (χ2v) is 7.67. The molecule has 1 unspecified atom stereocenters. The number of nitrogens with zero attached hydrogens (tertiary/aromatic N) is 1. The zero-order chi connectivity index (χ0) is 17.9. The van der Waals surface area contributed by atoms with Crippen molar-refractivity contribution in [1.82, 2.24) is 4.90 Å². The van der Waals surface area contributed by atoms with Crippen LogP contribution in [0.25, 0.3) is 0 Å². The van der Waals surface area contributed by atoms with E-state index >= 15 is 0 Å². The number of likely N-dealkylation sites (tertiary alicyclic amines) is 1. The number of carbonyl (C=O) groups excluding carboxylic acids is 2. The SMILES string of the molecule is Cc1cc(C(=O)N2CCC(C)(CN)C2)ccc1NC(=O)CC(C)C.Cl. The number of benzene rings is 1. The Morgan fingerprint density at radius 2 is 2.04 bits per heavy atom. The topological polar surface area (TPSA) is 75.4 Å². The van der Waals surface area contributed by atoms with Gasteiger partial charge in [0.2, 0.25) is 5.91 Å². The minimum atomic E-state index is 0. The molecule has 1 aliphatic heterocycles. The number of nitrogens with one attached hydrogen (secondary N) is 1. The van der Waals surface area contributed by atoms with E-state index in [4.69, 9.17) is 5.73 Å². The third kappa shape index (κ3) is 5.44. The molecule has 1 aromatic carbocycles. The van der Waals surface area contributed by atoms with Crippen LogP contribution in [0.4, 0.5) is 5.69 Å². The minimum absolute atomic E-state index is 0. The van der Waals surface area contributed by atoms with Gasteiger partial charge in [-0.3, -0.25) is 9.59 Å². The smallest absolute Gasteiger partial charge is 0.253 e. The molecule has 0 radical (unpaired) electrons. The monoisotopic (exact) mass is 367 g/mol. The van der Waals surface area contributed by atoms with Crippen molar-refractivity contribution in [3.63, 3.8) is 0 Å². The zero-order valence-electron chi connectivity index (χ0n) is 15.6. The van der Waals surface area contributed by atoms with Crippen molar-refractivity contribution in [2.24, 2.45) is 17.1 Å². The summed E-state index contributed by atoms with van der Waals surface area (Å²) in [4.78, 5) is 26.5. The van der Waals surface area contributed by atoms with Gasteiger partial charge < -0.3 is 16.0 Å². The highest BCUT2D eigenvalue weighted by molar-refractivity contribution is 5.96. The van der Waals surface area contributed by atoms with Gasteiger partial charge in [-0.1, -0.05) is 20.8 Å². The molecule has 6 heteroatoms. The second kappa shape index (κ2) is 8.68. The van der Waals surface area contributed by atoms with Crippen molar-refractivity contribution in [3.8, 4) is 0 Å². The molecule has 2 amide bonds. The number of nitrogens with two attached hydrogens (primary N) is 1. The van der Waals surface area contributed by atoms with Gasteiger partial charge in [-0.2, -0.15) is 0 Å². The van der Waals surface area contributed by atoms with Crippen molar-refractivity contribution >= 4 is 29.9 Å². The van der Waals surface area contributed by atoms with E-state index < -0.39 is 0 Å². The molecule has 1 aliphatic rings. The number of halogens is 1. The Morgan fingerprint density at radius 3 is 2.56 bits per heavy atom. The number of rotatable bonds is 5. The van der Waals surface area contributed by atoms with Crippen LogP contribution in [0.3, 0.4) is 0 Å². The van der Waals surface area contributed by atoms with Crippen LogP contribution in [0.2, 0.25) is 0 Å². The van der Waals surface area contributed by atoms with Gasteiger partial charge in [0.05, 0.1) is 0 Å². The Bertz CT molecular complexity index is 633. The molecule has 1 atom stereocenters.